The average Bonchev–Trinajstić information content (AvgIpc) is 2.20. The fourth-order valence-electron chi connectivity index (χ4n) is 1.48. The largest absolute Gasteiger partial charge is 0.479 e. The first-order valence-corrected chi connectivity index (χ1v) is 4.90. The fourth-order valence-corrected chi connectivity index (χ4v) is 1.48. The molecule has 0 saturated heterocycles. The summed E-state index contributed by atoms with van der Waals surface area (Å²) < 4.78 is 5.09. The van der Waals surface area contributed by atoms with Crippen molar-refractivity contribution in [2.75, 3.05) is 0 Å². The lowest BCUT2D eigenvalue weighted by molar-refractivity contribution is -0.157. The third-order valence-electron chi connectivity index (χ3n) is 2.46. The number of hydrogen-bond acceptors (Lipinski definition) is 4. The molecular weight excluding hydrogens is 216 g/mol. The highest BCUT2D eigenvalue weighted by molar-refractivity contribution is 5.86. The van der Waals surface area contributed by atoms with Gasteiger partial charge in [0.05, 0.1) is 12.2 Å². The second kappa shape index (κ2) is 5.09. The summed E-state index contributed by atoms with van der Waals surface area (Å²) in [5.74, 6) is -2.21. The fraction of sp³-hybridized carbons (Fsp3) is 0.600. The Balaban J connectivity index is 2.64. The van der Waals surface area contributed by atoms with Gasteiger partial charge in [-0.3, -0.25) is 0 Å². The lowest BCUT2D eigenvalue weighted by atomic mass is 9.94. The van der Waals surface area contributed by atoms with E-state index in [1.54, 1.807) is 0 Å². The minimum absolute atomic E-state index is 0.0219. The topological polar surface area (TPSA) is 104 Å². The Morgan fingerprint density at radius 1 is 1.50 bits per heavy atom. The summed E-state index contributed by atoms with van der Waals surface area (Å²) in [4.78, 5) is 21.3. The number of ether oxygens (including phenoxy) is 1. The highest BCUT2D eigenvalue weighted by Gasteiger charge is 2.30. The molecule has 0 aromatic rings. The first-order chi connectivity index (χ1) is 7.41. The van der Waals surface area contributed by atoms with Crippen LogP contribution in [0.1, 0.15) is 19.8 Å². The molecule has 3 N–H and O–H groups in total. The van der Waals surface area contributed by atoms with Gasteiger partial charge >= 0.3 is 11.9 Å². The van der Waals surface area contributed by atoms with Crippen molar-refractivity contribution in [1.82, 2.24) is 0 Å². The average molecular weight is 230 g/mol. The van der Waals surface area contributed by atoms with Crippen molar-refractivity contribution in [3.8, 4) is 0 Å². The lowest BCUT2D eigenvalue weighted by Crippen LogP contribution is -2.37. The van der Waals surface area contributed by atoms with Crippen molar-refractivity contribution >= 4 is 11.9 Å². The summed E-state index contributed by atoms with van der Waals surface area (Å²) in [6, 6.07) is 0. The molecule has 0 aromatic heterocycles. The van der Waals surface area contributed by atoms with E-state index in [0.717, 1.165) is 0 Å². The van der Waals surface area contributed by atoms with Crippen LogP contribution in [-0.4, -0.2) is 45.6 Å². The molecule has 0 unspecified atom stereocenters. The van der Waals surface area contributed by atoms with Crippen LogP contribution in [0.3, 0.4) is 0 Å². The SMILES string of the molecule is C[C@H](O[C@@H]1CC(C(=O)O)=CC[C@H]1O)C(=O)O. The van der Waals surface area contributed by atoms with Crippen LogP contribution >= 0.6 is 0 Å². The van der Waals surface area contributed by atoms with E-state index in [4.69, 9.17) is 14.9 Å². The van der Waals surface area contributed by atoms with Crippen molar-refractivity contribution < 1.29 is 29.6 Å². The number of aliphatic carboxylic acids is 2. The number of carboxylic acids is 2. The first-order valence-electron chi connectivity index (χ1n) is 4.90. The molecule has 6 heteroatoms. The molecule has 0 bridgehead atoms. The molecule has 3 atom stereocenters. The minimum Gasteiger partial charge on any atom is -0.479 e. The molecule has 0 spiro atoms. The smallest absolute Gasteiger partial charge is 0.332 e. The van der Waals surface area contributed by atoms with Crippen LogP contribution in [0.15, 0.2) is 11.6 Å². The first kappa shape index (κ1) is 12.7. The molecule has 1 aliphatic carbocycles. The van der Waals surface area contributed by atoms with Gasteiger partial charge in [0.25, 0.3) is 0 Å². The Kier molecular flexibility index (Phi) is 4.03. The molecule has 0 radical (unpaired) electrons. The predicted molar refractivity (Wildman–Crippen MR) is 52.9 cm³/mol. The van der Waals surface area contributed by atoms with Crippen molar-refractivity contribution in [2.45, 2.75) is 38.1 Å². The van der Waals surface area contributed by atoms with Crippen LogP contribution in [0, 0.1) is 0 Å². The van der Waals surface area contributed by atoms with E-state index in [2.05, 4.69) is 0 Å². The zero-order valence-corrected chi connectivity index (χ0v) is 8.79. The van der Waals surface area contributed by atoms with E-state index in [-0.39, 0.29) is 18.4 Å². The number of rotatable bonds is 4. The summed E-state index contributed by atoms with van der Waals surface area (Å²) in [6.07, 6.45) is -1.08. The van der Waals surface area contributed by atoms with E-state index in [9.17, 15) is 14.7 Å². The zero-order valence-electron chi connectivity index (χ0n) is 8.79. The van der Waals surface area contributed by atoms with Gasteiger partial charge in [-0.2, -0.15) is 0 Å². The van der Waals surface area contributed by atoms with Crippen LogP contribution in [0.2, 0.25) is 0 Å². The van der Waals surface area contributed by atoms with Gasteiger partial charge < -0.3 is 20.1 Å². The van der Waals surface area contributed by atoms with Gasteiger partial charge in [0, 0.05) is 12.0 Å². The standard InChI is InChI=1S/C10H14O6/c1-5(9(12)13)16-8-4-6(10(14)15)2-3-7(8)11/h2,5,7-8,11H,3-4H2,1H3,(H,12,13)(H,14,15)/t5-,7+,8+/m0/s1. The maximum atomic E-state index is 10.7. The maximum Gasteiger partial charge on any atom is 0.332 e. The maximum absolute atomic E-state index is 10.7. The van der Waals surface area contributed by atoms with Crippen LogP contribution in [-0.2, 0) is 14.3 Å². The summed E-state index contributed by atoms with van der Waals surface area (Å²) in [5, 5.41) is 26.9. The van der Waals surface area contributed by atoms with E-state index in [1.807, 2.05) is 0 Å². The van der Waals surface area contributed by atoms with Crippen LogP contribution in [0.25, 0.3) is 0 Å². The summed E-state index contributed by atoms with van der Waals surface area (Å²) in [6.45, 7) is 1.34. The molecule has 0 heterocycles. The summed E-state index contributed by atoms with van der Waals surface area (Å²) >= 11 is 0. The third-order valence-corrected chi connectivity index (χ3v) is 2.46. The lowest BCUT2D eigenvalue weighted by Gasteiger charge is -2.28. The highest BCUT2D eigenvalue weighted by atomic mass is 16.5. The second-order valence-electron chi connectivity index (χ2n) is 3.70. The van der Waals surface area contributed by atoms with E-state index >= 15 is 0 Å². The van der Waals surface area contributed by atoms with Gasteiger partial charge in [0.1, 0.15) is 0 Å². The molecule has 90 valence electrons. The molecule has 0 saturated carbocycles. The third kappa shape index (κ3) is 3.04. The van der Waals surface area contributed by atoms with Gasteiger partial charge in [-0.15, -0.1) is 0 Å². The number of carbonyl (C=O) groups is 2. The van der Waals surface area contributed by atoms with Crippen LogP contribution < -0.4 is 0 Å². The molecular formula is C10H14O6. The second-order valence-corrected chi connectivity index (χ2v) is 3.70. The van der Waals surface area contributed by atoms with Gasteiger partial charge in [-0.25, -0.2) is 9.59 Å². The monoisotopic (exact) mass is 230 g/mol. The number of carboxylic acid groups (broad SMARTS) is 2. The van der Waals surface area contributed by atoms with Gasteiger partial charge in [0.15, 0.2) is 6.10 Å². The van der Waals surface area contributed by atoms with Crippen molar-refractivity contribution in [3.05, 3.63) is 11.6 Å². The van der Waals surface area contributed by atoms with E-state index in [0.29, 0.717) is 0 Å². The molecule has 0 aliphatic heterocycles. The molecule has 0 aromatic carbocycles. The quantitative estimate of drug-likeness (QED) is 0.628. The Labute approximate surface area is 92.1 Å². The molecule has 1 aliphatic rings. The molecule has 0 fully saturated rings. The number of aliphatic hydroxyl groups is 1. The van der Waals surface area contributed by atoms with Crippen molar-refractivity contribution in [2.24, 2.45) is 0 Å². The summed E-state index contributed by atoms with van der Waals surface area (Å²) in [5.41, 5.74) is 0.146. The Bertz CT molecular complexity index is 321. The normalized spacial score (nSPS) is 27.0. The van der Waals surface area contributed by atoms with Crippen molar-refractivity contribution in [1.29, 1.82) is 0 Å². The predicted octanol–water partition coefficient (Wildman–Crippen LogP) is 0.0104. The molecule has 6 nitrogen and oxygen atoms in total. The highest BCUT2D eigenvalue weighted by Crippen LogP contribution is 2.22. The van der Waals surface area contributed by atoms with Crippen molar-refractivity contribution in [3.63, 3.8) is 0 Å². The Morgan fingerprint density at radius 2 is 2.12 bits per heavy atom. The van der Waals surface area contributed by atoms with E-state index < -0.39 is 30.3 Å². The van der Waals surface area contributed by atoms with Gasteiger partial charge in [0.2, 0.25) is 0 Å². The van der Waals surface area contributed by atoms with Crippen LogP contribution in [0.4, 0.5) is 0 Å². The van der Waals surface area contributed by atoms with Gasteiger partial charge in [-0.05, 0) is 13.3 Å². The Hall–Kier alpha value is -1.40. The number of hydrogen-bond donors (Lipinski definition) is 3. The van der Waals surface area contributed by atoms with Crippen LogP contribution in [0.5, 0.6) is 0 Å². The summed E-state index contributed by atoms with van der Waals surface area (Å²) in [7, 11) is 0. The molecule has 0 amide bonds. The Morgan fingerprint density at radius 3 is 2.62 bits per heavy atom. The van der Waals surface area contributed by atoms with E-state index in [1.165, 1.54) is 13.0 Å². The molecule has 1 rings (SSSR count). The zero-order chi connectivity index (χ0) is 12.3. The van der Waals surface area contributed by atoms with Gasteiger partial charge in [-0.1, -0.05) is 6.08 Å². The molecule has 16 heavy (non-hydrogen) atoms. The minimum atomic E-state index is -1.14. The number of aliphatic hydroxyl groups excluding tert-OH is 1.